The zero-order valence-corrected chi connectivity index (χ0v) is 13.6. The Balaban J connectivity index is 3.89. The Morgan fingerprint density at radius 1 is 1.10 bits per heavy atom. The number of nitrogens with one attached hydrogen (secondary N) is 2. The van der Waals surface area contributed by atoms with Crippen molar-refractivity contribution in [2.75, 3.05) is 25.1 Å². The maximum absolute atomic E-state index is 11.6. The SMILES string of the molecule is CCC(CC)(CNC(=O)NCCCCCSC)C(=O)O. The first-order valence-electron chi connectivity index (χ1n) is 7.26. The van der Waals surface area contributed by atoms with Crippen LogP contribution in [-0.4, -0.2) is 42.2 Å². The molecule has 3 N–H and O–H groups in total. The molecule has 0 unspecified atom stereocenters. The number of carbonyl (C=O) groups is 2. The molecule has 0 spiro atoms. The van der Waals surface area contributed by atoms with Crippen LogP contribution in [0.4, 0.5) is 4.79 Å². The normalized spacial score (nSPS) is 11.2. The average Bonchev–Trinajstić information content (AvgIpc) is 2.44. The second-order valence-corrected chi connectivity index (χ2v) is 5.94. The van der Waals surface area contributed by atoms with Crippen LogP contribution in [0.3, 0.4) is 0 Å². The van der Waals surface area contributed by atoms with Gasteiger partial charge >= 0.3 is 12.0 Å². The topological polar surface area (TPSA) is 78.4 Å². The number of carboxylic acids is 1. The van der Waals surface area contributed by atoms with Crippen molar-refractivity contribution in [3.63, 3.8) is 0 Å². The number of thioether (sulfide) groups is 1. The Morgan fingerprint density at radius 2 is 1.75 bits per heavy atom. The lowest BCUT2D eigenvalue weighted by Gasteiger charge is -2.26. The van der Waals surface area contributed by atoms with Crippen LogP contribution < -0.4 is 10.6 Å². The van der Waals surface area contributed by atoms with E-state index in [9.17, 15) is 14.7 Å². The van der Waals surface area contributed by atoms with Crippen LogP contribution in [0.15, 0.2) is 0 Å². The van der Waals surface area contributed by atoms with E-state index in [-0.39, 0.29) is 12.6 Å². The number of amides is 2. The smallest absolute Gasteiger partial charge is 0.314 e. The standard InChI is InChI=1S/C14H28N2O3S/c1-4-14(5-2,12(17)18)11-16-13(19)15-9-7-6-8-10-20-3/h4-11H2,1-3H3,(H,17,18)(H2,15,16,19). The van der Waals surface area contributed by atoms with Crippen LogP contribution >= 0.6 is 11.8 Å². The molecule has 0 saturated heterocycles. The second kappa shape index (κ2) is 10.8. The van der Waals surface area contributed by atoms with Crippen LogP contribution in [0.2, 0.25) is 0 Å². The summed E-state index contributed by atoms with van der Waals surface area (Å²) >= 11 is 1.83. The van der Waals surface area contributed by atoms with E-state index in [0.29, 0.717) is 19.4 Å². The Kier molecular flexibility index (Phi) is 10.3. The quantitative estimate of drug-likeness (QED) is 0.513. The maximum atomic E-state index is 11.6. The molecule has 0 aromatic carbocycles. The van der Waals surface area contributed by atoms with E-state index in [1.807, 2.05) is 25.6 Å². The number of carbonyl (C=O) groups excluding carboxylic acids is 1. The van der Waals surface area contributed by atoms with Gasteiger partial charge in [0, 0.05) is 13.1 Å². The molecule has 0 aromatic rings. The molecule has 0 bridgehead atoms. The highest BCUT2D eigenvalue weighted by Crippen LogP contribution is 2.25. The predicted octanol–water partition coefficient (Wildman–Crippen LogP) is 2.71. The highest BCUT2D eigenvalue weighted by molar-refractivity contribution is 7.98. The molecule has 0 atom stereocenters. The van der Waals surface area contributed by atoms with Crippen molar-refractivity contribution in [3.8, 4) is 0 Å². The van der Waals surface area contributed by atoms with E-state index >= 15 is 0 Å². The number of carboxylic acid groups (broad SMARTS) is 1. The van der Waals surface area contributed by atoms with Crippen molar-refractivity contribution in [1.29, 1.82) is 0 Å². The first-order valence-corrected chi connectivity index (χ1v) is 8.65. The van der Waals surface area contributed by atoms with E-state index in [2.05, 4.69) is 16.9 Å². The summed E-state index contributed by atoms with van der Waals surface area (Å²) in [5.74, 6) is 0.306. The van der Waals surface area contributed by atoms with Gasteiger partial charge in [-0.15, -0.1) is 0 Å². The van der Waals surface area contributed by atoms with Crippen molar-refractivity contribution >= 4 is 23.8 Å². The van der Waals surface area contributed by atoms with Crippen molar-refractivity contribution in [2.45, 2.75) is 46.0 Å². The summed E-state index contributed by atoms with van der Waals surface area (Å²) in [4.78, 5) is 22.9. The first kappa shape index (κ1) is 19.1. The zero-order chi connectivity index (χ0) is 15.4. The molecule has 0 fully saturated rings. The number of unbranched alkanes of at least 4 members (excludes halogenated alkanes) is 2. The summed E-state index contributed by atoms with van der Waals surface area (Å²) in [6.45, 7) is 4.48. The molecule has 0 aliphatic carbocycles. The number of hydrogen-bond acceptors (Lipinski definition) is 3. The molecule has 0 saturated carbocycles. The third kappa shape index (κ3) is 7.03. The van der Waals surface area contributed by atoms with Gasteiger partial charge in [0.1, 0.15) is 0 Å². The molecule has 0 aliphatic heterocycles. The lowest BCUT2D eigenvalue weighted by molar-refractivity contribution is -0.149. The van der Waals surface area contributed by atoms with Crippen molar-refractivity contribution in [2.24, 2.45) is 5.41 Å². The fourth-order valence-electron chi connectivity index (χ4n) is 1.94. The van der Waals surface area contributed by atoms with E-state index < -0.39 is 11.4 Å². The molecule has 0 radical (unpaired) electrons. The minimum atomic E-state index is -0.851. The highest BCUT2D eigenvalue weighted by Gasteiger charge is 2.35. The highest BCUT2D eigenvalue weighted by atomic mass is 32.2. The molecule has 5 nitrogen and oxygen atoms in total. The lowest BCUT2D eigenvalue weighted by atomic mass is 9.82. The van der Waals surface area contributed by atoms with Crippen LogP contribution in [0, 0.1) is 5.41 Å². The molecule has 20 heavy (non-hydrogen) atoms. The average molecular weight is 304 g/mol. The van der Waals surface area contributed by atoms with Crippen molar-refractivity contribution in [1.82, 2.24) is 10.6 Å². The minimum Gasteiger partial charge on any atom is -0.481 e. The Morgan fingerprint density at radius 3 is 2.25 bits per heavy atom. The number of aliphatic carboxylic acids is 1. The van der Waals surface area contributed by atoms with Gasteiger partial charge in [-0.25, -0.2) is 4.79 Å². The number of hydrogen-bond donors (Lipinski definition) is 3. The summed E-state index contributed by atoms with van der Waals surface area (Å²) in [5, 5.41) is 14.7. The van der Waals surface area contributed by atoms with Crippen molar-refractivity contribution in [3.05, 3.63) is 0 Å². The lowest BCUT2D eigenvalue weighted by Crippen LogP contribution is -2.46. The fraction of sp³-hybridized carbons (Fsp3) is 0.857. The van der Waals surface area contributed by atoms with Gasteiger partial charge < -0.3 is 15.7 Å². The molecule has 0 heterocycles. The summed E-state index contributed by atoms with van der Waals surface area (Å²) in [5.41, 5.74) is -0.851. The Bertz CT molecular complexity index is 294. The third-order valence-electron chi connectivity index (χ3n) is 3.71. The third-order valence-corrected chi connectivity index (χ3v) is 4.40. The fourth-order valence-corrected chi connectivity index (χ4v) is 2.43. The van der Waals surface area contributed by atoms with Crippen LogP contribution in [0.5, 0.6) is 0 Å². The summed E-state index contributed by atoms with van der Waals surface area (Å²) in [6.07, 6.45) is 6.32. The van der Waals surface area contributed by atoms with Gasteiger partial charge in [-0.2, -0.15) is 11.8 Å². The summed E-state index contributed by atoms with van der Waals surface area (Å²) < 4.78 is 0. The monoisotopic (exact) mass is 304 g/mol. The molecule has 2 amide bonds. The molecule has 118 valence electrons. The van der Waals surface area contributed by atoms with E-state index in [1.54, 1.807) is 0 Å². The van der Waals surface area contributed by atoms with Gasteiger partial charge in [0.05, 0.1) is 5.41 Å². The van der Waals surface area contributed by atoms with Gasteiger partial charge in [0.15, 0.2) is 0 Å². The summed E-state index contributed by atoms with van der Waals surface area (Å²) in [6, 6.07) is -0.276. The van der Waals surface area contributed by atoms with Gasteiger partial charge in [-0.3, -0.25) is 4.79 Å². The van der Waals surface area contributed by atoms with Crippen LogP contribution in [0.1, 0.15) is 46.0 Å². The van der Waals surface area contributed by atoms with Crippen LogP contribution in [0.25, 0.3) is 0 Å². The Hall–Kier alpha value is -0.910. The zero-order valence-electron chi connectivity index (χ0n) is 12.8. The molecule has 0 aliphatic rings. The Labute approximate surface area is 126 Å². The van der Waals surface area contributed by atoms with E-state index in [0.717, 1.165) is 25.0 Å². The number of rotatable bonds is 11. The minimum absolute atomic E-state index is 0.174. The van der Waals surface area contributed by atoms with Crippen molar-refractivity contribution < 1.29 is 14.7 Å². The van der Waals surface area contributed by atoms with Crippen LogP contribution in [-0.2, 0) is 4.79 Å². The molecule has 6 heteroatoms. The summed E-state index contributed by atoms with van der Waals surface area (Å²) in [7, 11) is 0. The van der Waals surface area contributed by atoms with Gasteiger partial charge in [-0.05, 0) is 37.7 Å². The van der Waals surface area contributed by atoms with Gasteiger partial charge in [-0.1, -0.05) is 20.3 Å². The van der Waals surface area contributed by atoms with E-state index in [4.69, 9.17) is 0 Å². The maximum Gasteiger partial charge on any atom is 0.314 e. The first-order chi connectivity index (χ1) is 9.52. The molecular formula is C14H28N2O3S. The second-order valence-electron chi connectivity index (χ2n) is 4.96. The van der Waals surface area contributed by atoms with Gasteiger partial charge in [0.25, 0.3) is 0 Å². The van der Waals surface area contributed by atoms with E-state index in [1.165, 1.54) is 0 Å². The predicted molar refractivity (Wildman–Crippen MR) is 84.3 cm³/mol. The molecule has 0 aromatic heterocycles. The number of urea groups is 1. The molecule has 0 rings (SSSR count). The van der Waals surface area contributed by atoms with Gasteiger partial charge in [0.2, 0.25) is 0 Å². The molecular weight excluding hydrogens is 276 g/mol. The largest absolute Gasteiger partial charge is 0.481 e.